The van der Waals surface area contributed by atoms with Crippen LogP contribution in [0.4, 0.5) is 0 Å². The molecule has 2 heteroatoms. The van der Waals surface area contributed by atoms with Gasteiger partial charge in [0.15, 0.2) is 0 Å². The molecule has 0 radical (unpaired) electrons. The van der Waals surface area contributed by atoms with E-state index in [1.165, 1.54) is 38.5 Å². The lowest BCUT2D eigenvalue weighted by atomic mass is 9.47. The highest BCUT2D eigenvalue weighted by Gasteiger charge is 2.59. The van der Waals surface area contributed by atoms with Crippen LogP contribution < -0.4 is 5.32 Å². The topological polar surface area (TPSA) is 32.3 Å². The molecule has 0 aromatic rings. The Hall–Kier alpha value is -0.340. The molecule has 0 aliphatic heterocycles. The summed E-state index contributed by atoms with van der Waals surface area (Å²) in [5, 5.41) is 13.7. The molecule has 3 fully saturated rings. The Balaban J connectivity index is 1.63. The average molecular weight is 332 g/mol. The fourth-order valence-electron chi connectivity index (χ4n) is 7.70. The number of aliphatic hydroxyl groups is 1. The summed E-state index contributed by atoms with van der Waals surface area (Å²) in [5.41, 5.74) is 2.53. The maximum Gasteiger partial charge on any atom is 0.0577 e. The van der Waals surface area contributed by atoms with Crippen LogP contribution in [-0.2, 0) is 0 Å². The van der Waals surface area contributed by atoms with E-state index in [4.69, 9.17) is 0 Å². The summed E-state index contributed by atoms with van der Waals surface area (Å²) < 4.78 is 0. The van der Waals surface area contributed by atoms with E-state index in [2.05, 4.69) is 39.2 Å². The Labute approximate surface area is 148 Å². The number of hydrogen-bond acceptors (Lipinski definition) is 2. The molecule has 4 aliphatic rings. The maximum absolute atomic E-state index is 10.1. The number of hydrogen-bond donors (Lipinski definition) is 2. The van der Waals surface area contributed by atoms with Gasteiger partial charge >= 0.3 is 0 Å². The summed E-state index contributed by atoms with van der Waals surface area (Å²) >= 11 is 0. The summed E-state index contributed by atoms with van der Waals surface area (Å²) in [4.78, 5) is 0. The normalized spacial score (nSPS) is 52.0. The maximum atomic E-state index is 10.1. The summed E-state index contributed by atoms with van der Waals surface area (Å²) in [6.07, 6.45) is 12.6. The van der Waals surface area contributed by atoms with Crippen LogP contribution in [0.2, 0.25) is 0 Å². The summed E-state index contributed by atoms with van der Waals surface area (Å²) in [6, 6.07) is 0.645. The van der Waals surface area contributed by atoms with E-state index in [1.54, 1.807) is 5.57 Å². The van der Waals surface area contributed by atoms with Crippen molar-refractivity contribution in [2.75, 3.05) is 7.05 Å². The predicted octanol–water partition coefficient (Wildman–Crippen LogP) is 4.53. The first-order valence-electron chi connectivity index (χ1n) is 10.4. The largest absolute Gasteiger partial charge is 0.393 e. The minimum Gasteiger partial charge on any atom is -0.393 e. The molecule has 1 unspecified atom stereocenters. The smallest absolute Gasteiger partial charge is 0.0577 e. The molecular weight excluding hydrogens is 294 g/mol. The molecule has 4 rings (SSSR count). The molecule has 0 heterocycles. The summed E-state index contributed by atoms with van der Waals surface area (Å²) in [5.74, 6) is 3.52. The highest BCUT2D eigenvalue weighted by Crippen LogP contribution is 2.66. The Morgan fingerprint density at radius 2 is 1.92 bits per heavy atom. The third-order valence-corrected chi connectivity index (χ3v) is 9.21. The van der Waals surface area contributed by atoms with E-state index in [9.17, 15) is 5.11 Å². The van der Waals surface area contributed by atoms with Gasteiger partial charge in [-0.25, -0.2) is 0 Å². The second-order valence-corrected chi connectivity index (χ2v) is 9.96. The van der Waals surface area contributed by atoms with Gasteiger partial charge in [0.2, 0.25) is 0 Å². The molecule has 2 nitrogen and oxygen atoms in total. The first-order chi connectivity index (χ1) is 11.4. The lowest BCUT2D eigenvalue weighted by Gasteiger charge is -2.58. The molecule has 4 aliphatic carbocycles. The molecule has 0 bridgehead atoms. The van der Waals surface area contributed by atoms with E-state index in [-0.39, 0.29) is 6.10 Å². The van der Waals surface area contributed by atoms with Crippen LogP contribution >= 0.6 is 0 Å². The van der Waals surface area contributed by atoms with Crippen LogP contribution in [0.15, 0.2) is 11.6 Å². The van der Waals surface area contributed by atoms with Crippen molar-refractivity contribution in [1.29, 1.82) is 0 Å². The van der Waals surface area contributed by atoms with Crippen molar-refractivity contribution >= 4 is 0 Å². The molecule has 0 spiro atoms. The number of allylic oxidation sites excluding steroid dienone is 1. The zero-order valence-electron chi connectivity index (χ0n) is 16.1. The third-order valence-electron chi connectivity index (χ3n) is 9.21. The quantitative estimate of drug-likeness (QED) is 0.728. The van der Waals surface area contributed by atoms with Gasteiger partial charge in [0.05, 0.1) is 6.10 Å². The fourth-order valence-corrected chi connectivity index (χ4v) is 7.70. The lowest BCUT2D eigenvalue weighted by molar-refractivity contribution is -0.0532. The van der Waals surface area contributed by atoms with Gasteiger partial charge in [0, 0.05) is 6.04 Å². The van der Waals surface area contributed by atoms with Crippen molar-refractivity contribution in [3.63, 3.8) is 0 Å². The van der Waals surface area contributed by atoms with Crippen molar-refractivity contribution in [2.45, 2.75) is 84.3 Å². The van der Waals surface area contributed by atoms with Crippen molar-refractivity contribution in [2.24, 2.45) is 34.5 Å². The standard InChI is InChI=1S/C22H37NO/c1-14(23-4)18-7-8-19-17-6-5-15-13-16(24)9-11-21(15,2)20(17)10-12-22(18,19)3/h5,14,16-20,23-24H,6-13H2,1-4H3/t14?,16-,17-,18+,19-,20-,21-,22+/m0/s1. The minimum atomic E-state index is -0.0814. The number of rotatable bonds is 2. The first-order valence-corrected chi connectivity index (χ1v) is 10.4. The highest BCUT2D eigenvalue weighted by atomic mass is 16.3. The second-order valence-electron chi connectivity index (χ2n) is 9.96. The molecule has 3 saturated carbocycles. The van der Waals surface area contributed by atoms with Crippen LogP contribution in [0.3, 0.4) is 0 Å². The molecule has 0 aromatic heterocycles. The van der Waals surface area contributed by atoms with Gasteiger partial charge in [-0.2, -0.15) is 0 Å². The van der Waals surface area contributed by atoms with Gasteiger partial charge in [-0.05, 0) is 99.8 Å². The Bertz CT molecular complexity index is 528. The fraction of sp³-hybridized carbons (Fsp3) is 0.909. The summed E-state index contributed by atoms with van der Waals surface area (Å²) in [6.45, 7) is 7.55. The van der Waals surface area contributed by atoms with Crippen LogP contribution in [0.5, 0.6) is 0 Å². The monoisotopic (exact) mass is 331 g/mol. The summed E-state index contributed by atoms with van der Waals surface area (Å²) in [7, 11) is 2.14. The van der Waals surface area contributed by atoms with Gasteiger partial charge < -0.3 is 10.4 Å². The van der Waals surface area contributed by atoms with E-state index in [0.717, 1.165) is 36.5 Å². The van der Waals surface area contributed by atoms with E-state index >= 15 is 0 Å². The zero-order chi connectivity index (χ0) is 17.1. The van der Waals surface area contributed by atoms with Crippen LogP contribution in [0.25, 0.3) is 0 Å². The van der Waals surface area contributed by atoms with Crippen LogP contribution in [0.1, 0.15) is 72.1 Å². The van der Waals surface area contributed by atoms with E-state index < -0.39 is 0 Å². The average Bonchev–Trinajstić information content (AvgIpc) is 2.92. The third kappa shape index (κ3) is 2.28. The van der Waals surface area contributed by atoms with Crippen LogP contribution in [0, 0.1) is 34.5 Å². The van der Waals surface area contributed by atoms with Crippen molar-refractivity contribution in [1.82, 2.24) is 5.32 Å². The Kier molecular flexibility index (Phi) is 4.16. The van der Waals surface area contributed by atoms with Gasteiger partial charge in [-0.3, -0.25) is 0 Å². The number of fused-ring (bicyclic) bond motifs is 5. The van der Waals surface area contributed by atoms with E-state index in [0.29, 0.717) is 16.9 Å². The van der Waals surface area contributed by atoms with Crippen LogP contribution in [-0.4, -0.2) is 24.3 Å². The van der Waals surface area contributed by atoms with Gasteiger partial charge in [-0.15, -0.1) is 0 Å². The second kappa shape index (κ2) is 5.84. The van der Waals surface area contributed by atoms with Crippen molar-refractivity contribution < 1.29 is 5.11 Å². The molecule has 0 amide bonds. The number of nitrogens with one attached hydrogen (secondary N) is 1. The predicted molar refractivity (Wildman–Crippen MR) is 99.7 cm³/mol. The van der Waals surface area contributed by atoms with Gasteiger partial charge in [0.25, 0.3) is 0 Å². The Morgan fingerprint density at radius 3 is 2.67 bits per heavy atom. The number of aliphatic hydroxyl groups excluding tert-OH is 1. The van der Waals surface area contributed by atoms with Gasteiger partial charge in [-0.1, -0.05) is 25.5 Å². The van der Waals surface area contributed by atoms with Crippen molar-refractivity contribution in [3.05, 3.63) is 11.6 Å². The SMILES string of the molecule is CNC(C)[C@H]1CC[C@H]2[C@@H]3CC=C4C[C@@H](O)CC[C@]4(C)[C@H]3CC[C@]12C. The molecule has 24 heavy (non-hydrogen) atoms. The molecule has 136 valence electrons. The molecular formula is C22H37NO. The molecule has 8 atom stereocenters. The Morgan fingerprint density at radius 1 is 1.12 bits per heavy atom. The van der Waals surface area contributed by atoms with E-state index in [1.807, 2.05) is 0 Å². The van der Waals surface area contributed by atoms with Crippen molar-refractivity contribution in [3.8, 4) is 0 Å². The first kappa shape index (κ1) is 17.1. The highest BCUT2D eigenvalue weighted by molar-refractivity contribution is 5.25. The zero-order valence-corrected chi connectivity index (χ0v) is 16.1. The molecule has 2 N–H and O–H groups in total. The molecule has 0 saturated heterocycles. The molecule has 0 aromatic carbocycles. The minimum absolute atomic E-state index is 0.0814. The lowest BCUT2D eigenvalue weighted by Crippen LogP contribution is -2.52. The van der Waals surface area contributed by atoms with Gasteiger partial charge in [0.1, 0.15) is 0 Å².